The van der Waals surface area contributed by atoms with Crippen molar-refractivity contribution in [1.29, 1.82) is 0 Å². The van der Waals surface area contributed by atoms with Gasteiger partial charge in [0.1, 0.15) is 21.9 Å². The van der Waals surface area contributed by atoms with E-state index in [0.29, 0.717) is 10.8 Å². The number of pyridine rings is 2. The Morgan fingerprint density at radius 2 is 1.70 bits per heavy atom. The van der Waals surface area contributed by atoms with Crippen LogP contribution in [-0.4, -0.2) is 29.7 Å². The molecule has 0 aromatic carbocycles. The summed E-state index contributed by atoms with van der Waals surface area (Å²) in [5, 5.41) is 0.538. The Balaban J connectivity index is 1.94. The molecule has 0 unspecified atom stereocenters. The van der Waals surface area contributed by atoms with Crippen molar-refractivity contribution < 1.29 is 26.3 Å². The second-order valence-electron chi connectivity index (χ2n) is 6.40. The maximum absolute atomic E-state index is 13.1. The zero-order chi connectivity index (χ0) is 21.8. The number of thioether (sulfide) groups is 1. The van der Waals surface area contributed by atoms with Crippen LogP contribution in [0.2, 0.25) is 0 Å². The molecule has 0 fully saturated rings. The fourth-order valence-corrected chi connectivity index (χ4v) is 3.90. The average Bonchev–Trinajstić information content (AvgIpc) is 3.18. The standard InChI is InChI=1S/C18H13F6N5S/c1-3-30-16-13(27-12-7-9(17(19,20)21)4-5-29(12)16)15-26-11-6-10(18(22,23)24)8-25-14(11)28(15)2/h4-8H,3H2,1-2H3. The third kappa shape index (κ3) is 3.38. The van der Waals surface area contributed by atoms with Crippen LogP contribution in [0.3, 0.4) is 0 Å². The SMILES string of the molecule is CCSc1c(-c2nc3cc(C(F)(F)F)cnc3n2C)nc2cc(C(F)(F)F)ccn12. The number of hydrogen-bond acceptors (Lipinski definition) is 4. The molecule has 0 aliphatic rings. The molecule has 0 N–H and O–H groups in total. The van der Waals surface area contributed by atoms with Crippen molar-refractivity contribution in [3.8, 4) is 11.5 Å². The summed E-state index contributed by atoms with van der Waals surface area (Å²) in [6.45, 7) is 1.87. The van der Waals surface area contributed by atoms with Crippen molar-refractivity contribution in [2.45, 2.75) is 24.3 Å². The van der Waals surface area contributed by atoms with Gasteiger partial charge in [-0.15, -0.1) is 11.8 Å². The van der Waals surface area contributed by atoms with Gasteiger partial charge in [0.15, 0.2) is 11.5 Å². The van der Waals surface area contributed by atoms with E-state index in [1.165, 1.54) is 26.9 Å². The molecular weight excluding hydrogens is 432 g/mol. The lowest BCUT2D eigenvalue weighted by Crippen LogP contribution is -2.05. The minimum Gasteiger partial charge on any atom is -0.310 e. The quantitative estimate of drug-likeness (QED) is 0.312. The summed E-state index contributed by atoms with van der Waals surface area (Å²) >= 11 is 1.34. The second kappa shape index (κ2) is 6.89. The van der Waals surface area contributed by atoms with Crippen molar-refractivity contribution in [1.82, 2.24) is 23.9 Å². The van der Waals surface area contributed by atoms with Crippen molar-refractivity contribution >= 4 is 28.6 Å². The Morgan fingerprint density at radius 3 is 2.33 bits per heavy atom. The average molecular weight is 445 g/mol. The molecule has 0 saturated carbocycles. The Hall–Kier alpha value is -2.76. The summed E-state index contributed by atoms with van der Waals surface area (Å²) in [5.74, 6) is 0.812. The van der Waals surface area contributed by atoms with Crippen molar-refractivity contribution in [3.05, 3.63) is 41.7 Å². The van der Waals surface area contributed by atoms with Crippen molar-refractivity contribution in [2.75, 3.05) is 5.75 Å². The summed E-state index contributed by atoms with van der Waals surface area (Å²) in [6, 6.07) is 2.76. The monoisotopic (exact) mass is 445 g/mol. The molecule has 30 heavy (non-hydrogen) atoms. The maximum atomic E-state index is 13.1. The third-order valence-corrected chi connectivity index (χ3v) is 5.39. The van der Waals surface area contributed by atoms with E-state index >= 15 is 0 Å². The number of fused-ring (bicyclic) bond motifs is 2. The van der Waals surface area contributed by atoms with Crippen LogP contribution in [0, 0.1) is 0 Å². The van der Waals surface area contributed by atoms with Crippen LogP contribution in [0.25, 0.3) is 28.3 Å². The molecule has 0 radical (unpaired) electrons. The van der Waals surface area contributed by atoms with Gasteiger partial charge in [-0.2, -0.15) is 26.3 Å². The van der Waals surface area contributed by atoms with Crippen LogP contribution in [0.5, 0.6) is 0 Å². The van der Waals surface area contributed by atoms with Crippen LogP contribution < -0.4 is 0 Å². The van der Waals surface area contributed by atoms with Crippen LogP contribution >= 0.6 is 11.8 Å². The van der Waals surface area contributed by atoms with E-state index in [-0.39, 0.29) is 28.3 Å². The molecule has 5 nitrogen and oxygen atoms in total. The molecule has 0 saturated heterocycles. The lowest BCUT2D eigenvalue weighted by Gasteiger charge is -2.07. The van der Waals surface area contributed by atoms with Gasteiger partial charge >= 0.3 is 12.4 Å². The number of aromatic nitrogens is 5. The second-order valence-corrected chi connectivity index (χ2v) is 7.65. The molecule has 0 bridgehead atoms. The first-order chi connectivity index (χ1) is 14.0. The fraction of sp³-hybridized carbons (Fsp3) is 0.278. The zero-order valence-electron chi connectivity index (χ0n) is 15.5. The smallest absolute Gasteiger partial charge is 0.310 e. The Kier molecular flexibility index (Phi) is 4.71. The highest BCUT2D eigenvalue weighted by Crippen LogP contribution is 2.36. The largest absolute Gasteiger partial charge is 0.417 e. The zero-order valence-corrected chi connectivity index (χ0v) is 16.3. The Labute approximate surface area is 169 Å². The molecule has 0 atom stereocenters. The first-order valence-electron chi connectivity index (χ1n) is 8.63. The number of rotatable bonds is 3. The van der Waals surface area contributed by atoms with Crippen LogP contribution in [0.4, 0.5) is 26.3 Å². The molecule has 0 aliphatic heterocycles. The van der Waals surface area contributed by atoms with Gasteiger partial charge in [-0.05, 0) is 24.0 Å². The van der Waals surface area contributed by atoms with E-state index in [4.69, 9.17) is 0 Å². The van der Waals surface area contributed by atoms with Gasteiger partial charge in [-0.25, -0.2) is 15.0 Å². The number of hydrogen-bond donors (Lipinski definition) is 0. The summed E-state index contributed by atoms with van der Waals surface area (Å²) in [4.78, 5) is 12.4. The minimum absolute atomic E-state index is 0.0165. The van der Waals surface area contributed by atoms with E-state index in [1.807, 2.05) is 6.92 Å². The first kappa shape index (κ1) is 20.5. The number of nitrogens with zero attached hydrogens (tertiary/aromatic N) is 5. The van der Waals surface area contributed by atoms with Crippen LogP contribution in [-0.2, 0) is 19.4 Å². The number of halogens is 6. The molecule has 4 rings (SSSR count). The Morgan fingerprint density at radius 1 is 1.00 bits per heavy atom. The highest BCUT2D eigenvalue weighted by atomic mass is 32.2. The molecular formula is C18H13F6N5S. The summed E-state index contributed by atoms with van der Waals surface area (Å²) < 4.78 is 81.2. The number of aryl methyl sites for hydroxylation is 1. The number of imidazole rings is 2. The van der Waals surface area contributed by atoms with Gasteiger partial charge < -0.3 is 4.57 Å². The minimum atomic E-state index is -4.57. The highest BCUT2D eigenvalue weighted by Gasteiger charge is 2.33. The van der Waals surface area contributed by atoms with Gasteiger partial charge in [0.05, 0.1) is 11.1 Å². The van der Waals surface area contributed by atoms with E-state index in [9.17, 15) is 26.3 Å². The third-order valence-electron chi connectivity index (χ3n) is 4.44. The summed E-state index contributed by atoms with van der Waals surface area (Å²) in [6.07, 6.45) is -7.11. The maximum Gasteiger partial charge on any atom is 0.417 e. The van der Waals surface area contributed by atoms with Gasteiger partial charge in [-0.1, -0.05) is 6.92 Å². The topological polar surface area (TPSA) is 48.0 Å². The van der Waals surface area contributed by atoms with E-state index < -0.39 is 23.5 Å². The molecule has 0 spiro atoms. The van der Waals surface area contributed by atoms with Gasteiger partial charge in [0.2, 0.25) is 0 Å². The van der Waals surface area contributed by atoms with Gasteiger partial charge in [0, 0.05) is 19.4 Å². The van der Waals surface area contributed by atoms with Crippen LogP contribution in [0.15, 0.2) is 35.6 Å². The predicted molar refractivity (Wildman–Crippen MR) is 99.1 cm³/mol. The normalized spacial score (nSPS) is 12.9. The molecule has 0 aliphatic carbocycles. The van der Waals surface area contributed by atoms with E-state index in [1.54, 1.807) is 7.05 Å². The molecule has 4 heterocycles. The summed E-state index contributed by atoms with van der Waals surface area (Å²) in [7, 11) is 1.57. The van der Waals surface area contributed by atoms with Gasteiger partial charge in [0.25, 0.3) is 0 Å². The lowest BCUT2D eigenvalue weighted by molar-refractivity contribution is -0.138. The first-order valence-corrected chi connectivity index (χ1v) is 9.61. The molecule has 12 heteroatoms. The Bertz CT molecular complexity index is 1250. The molecule has 0 amide bonds. The van der Waals surface area contributed by atoms with Crippen molar-refractivity contribution in [3.63, 3.8) is 0 Å². The molecule has 4 aromatic heterocycles. The molecule has 158 valence electrons. The van der Waals surface area contributed by atoms with Crippen molar-refractivity contribution in [2.24, 2.45) is 7.05 Å². The summed E-state index contributed by atoms with van der Waals surface area (Å²) in [5.41, 5.74) is -1.22. The predicted octanol–water partition coefficient (Wildman–Crippen LogP) is 5.43. The van der Waals surface area contributed by atoms with Gasteiger partial charge in [-0.3, -0.25) is 4.40 Å². The fourth-order valence-electron chi connectivity index (χ4n) is 3.06. The van der Waals surface area contributed by atoms with E-state index in [0.717, 1.165) is 24.4 Å². The lowest BCUT2D eigenvalue weighted by atomic mass is 10.2. The number of alkyl halides is 6. The van der Waals surface area contributed by atoms with Crippen LogP contribution in [0.1, 0.15) is 18.1 Å². The molecule has 4 aromatic rings. The highest BCUT2D eigenvalue weighted by molar-refractivity contribution is 7.99. The van der Waals surface area contributed by atoms with E-state index in [2.05, 4.69) is 15.0 Å².